The van der Waals surface area contributed by atoms with E-state index in [0.717, 1.165) is 12.0 Å². The molecule has 4 N–H and O–H groups in total. The van der Waals surface area contributed by atoms with Crippen LogP contribution in [0.1, 0.15) is 26.7 Å². The zero-order chi connectivity index (χ0) is 21.7. The highest BCUT2D eigenvalue weighted by molar-refractivity contribution is 5.75. The number of benzene rings is 1. The van der Waals surface area contributed by atoms with Crippen LogP contribution in [-0.2, 0) is 20.8 Å². The molecule has 0 amide bonds. The fourth-order valence-corrected chi connectivity index (χ4v) is 3.23. The second-order valence-electron chi connectivity index (χ2n) is 7.60. The van der Waals surface area contributed by atoms with Gasteiger partial charge in [0.1, 0.15) is 31.0 Å². The summed E-state index contributed by atoms with van der Waals surface area (Å²) in [7, 11) is 0. The maximum atomic E-state index is 12.0. The average molecular weight is 419 g/mol. The highest BCUT2D eigenvalue weighted by Crippen LogP contribution is 2.24. The van der Waals surface area contributed by atoms with E-state index in [4.69, 9.17) is 15.2 Å². The summed E-state index contributed by atoms with van der Waals surface area (Å²) in [5, 5.41) is 32.9. The summed E-state index contributed by atoms with van der Waals surface area (Å²) in [4.78, 5) is 13.4. The molecule has 2 aromatic rings. The molecule has 3 rings (SSSR count). The molecule has 2 heterocycles. The Labute approximate surface area is 175 Å². The third kappa shape index (κ3) is 5.20. The number of carbonyl (C=O) groups excluding carboxylic acids is 1. The van der Waals surface area contributed by atoms with Gasteiger partial charge < -0.3 is 25.4 Å². The molecular formula is C20H29N5O5. The van der Waals surface area contributed by atoms with E-state index >= 15 is 0 Å². The van der Waals surface area contributed by atoms with Crippen LogP contribution in [0.3, 0.4) is 0 Å². The first-order valence-corrected chi connectivity index (χ1v) is 10.2. The van der Waals surface area contributed by atoms with Crippen molar-refractivity contribution in [3.63, 3.8) is 0 Å². The largest absolute Gasteiger partial charge is 0.462 e. The second-order valence-corrected chi connectivity index (χ2v) is 7.60. The van der Waals surface area contributed by atoms with Crippen LogP contribution >= 0.6 is 0 Å². The molecule has 1 aromatic carbocycles. The maximum absolute atomic E-state index is 12.0. The van der Waals surface area contributed by atoms with E-state index in [1.54, 1.807) is 0 Å². The van der Waals surface area contributed by atoms with Crippen LogP contribution in [0.25, 0.3) is 11.4 Å². The molecule has 1 aromatic heterocycles. The van der Waals surface area contributed by atoms with E-state index in [9.17, 15) is 15.0 Å². The lowest BCUT2D eigenvalue weighted by atomic mass is 10.0. The van der Waals surface area contributed by atoms with Gasteiger partial charge in [-0.3, -0.25) is 4.79 Å². The minimum atomic E-state index is -1.16. The summed E-state index contributed by atoms with van der Waals surface area (Å²) in [6.45, 7) is 3.99. The van der Waals surface area contributed by atoms with Crippen molar-refractivity contribution < 1.29 is 24.5 Å². The second kappa shape index (κ2) is 10.1. The Hall–Kier alpha value is -2.40. The highest BCUT2D eigenvalue weighted by atomic mass is 16.6. The van der Waals surface area contributed by atoms with Crippen molar-refractivity contribution in [3.8, 4) is 11.4 Å². The summed E-state index contributed by atoms with van der Waals surface area (Å²) in [5.74, 6) is -0.0504. The lowest BCUT2D eigenvalue weighted by Gasteiger charge is -2.19. The fraction of sp³-hybridized carbons (Fsp3) is 0.600. The molecular weight excluding hydrogens is 390 g/mol. The summed E-state index contributed by atoms with van der Waals surface area (Å²) in [5.41, 5.74) is 6.71. The Balaban J connectivity index is 1.50. The minimum absolute atomic E-state index is 0.0128. The fourth-order valence-electron chi connectivity index (χ4n) is 3.23. The molecule has 0 spiro atoms. The van der Waals surface area contributed by atoms with Crippen molar-refractivity contribution >= 4 is 5.97 Å². The van der Waals surface area contributed by atoms with Gasteiger partial charge in [-0.2, -0.15) is 4.80 Å². The van der Waals surface area contributed by atoms with Gasteiger partial charge in [0.05, 0.1) is 12.6 Å². The summed E-state index contributed by atoms with van der Waals surface area (Å²) >= 11 is 0. The van der Waals surface area contributed by atoms with Gasteiger partial charge >= 0.3 is 5.97 Å². The molecule has 164 valence electrons. The van der Waals surface area contributed by atoms with E-state index in [2.05, 4.69) is 15.4 Å². The van der Waals surface area contributed by atoms with Crippen LogP contribution in [0.5, 0.6) is 0 Å². The van der Waals surface area contributed by atoms with Gasteiger partial charge in [0.25, 0.3) is 0 Å². The van der Waals surface area contributed by atoms with Gasteiger partial charge in [0.2, 0.25) is 5.82 Å². The molecule has 0 saturated carbocycles. The van der Waals surface area contributed by atoms with E-state index < -0.39 is 36.4 Å². The number of aryl methyl sites for hydroxylation is 1. The predicted molar refractivity (Wildman–Crippen MR) is 107 cm³/mol. The van der Waals surface area contributed by atoms with Crippen LogP contribution in [0, 0.1) is 5.92 Å². The SMILES string of the molecule is CC[C@H](C)[C@H](N)C(=O)OC[C@H]1O[C@@H](CCn2nnc(-c3ccccc3)n2)[C@H](O)[C@@H]1O. The number of aromatic nitrogens is 4. The Kier molecular flexibility index (Phi) is 7.48. The highest BCUT2D eigenvalue weighted by Gasteiger charge is 2.43. The van der Waals surface area contributed by atoms with E-state index in [1.807, 2.05) is 44.2 Å². The lowest BCUT2D eigenvalue weighted by Crippen LogP contribution is -2.41. The first-order chi connectivity index (χ1) is 14.4. The monoisotopic (exact) mass is 419 g/mol. The van der Waals surface area contributed by atoms with E-state index in [0.29, 0.717) is 18.8 Å². The predicted octanol–water partition coefficient (Wildman–Crippen LogP) is 0.136. The summed E-state index contributed by atoms with van der Waals surface area (Å²) in [6, 6.07) is 8.74. The van der Waals surface area contributed by atoms with Crippen molar-refractivity contribution in [1.82, 2.24) is 20.2 Å². The Morgan fingerprint density at radius 1 is 1.27 bits per heavy atom. The standard InChI is InChI=1S/C20H29N5O5/c1-3-12(2)16(21)20(28)29-11-15-18(27)17(26)14(30-15)9-10-25-23-19(22-24-25)13-7-5-4-6-8-13/h4-8,12,14-18,26-27H,3,9-11,21H2,1-2H3/t12-,14-,15+,16-,17-,18+/m0/s1. The number of tetrazole rings is 1. The smallest absolute Gasteiger partial charge is 0.323 e. The van der Waals surface area contributed by atoms with Gasteiger partial charge in [-0.15, -0.1) is 10.2 Å². The molecule has 0 aliphatic carbocycles. The molecule has 1 fully saturated rings. The number of aliphatic hydroxyl groups excluding tert-OH is 2. The molecule has 10 heteroatoms. The van der Waals surface area contributed by atoms with Gasteiger partial charge in [0, 0.05) is 5.56 Å². The van der Waals surface area contributed by atoms with Gasteiger partial charge in [0.15, 0.2) is 0 Å². The first-order valence-electron chi connectivity index (χ1n) is 10.2. The van der Waals surface area contributed by atoms with Crippen LogP contribution in [0.4, 0.5) is 0 Å². The van der Waals surface area contributed by atoms with Crippen LogP contribution < -0.4 is 5.73 Å². The van der Waals surface area contributed by atoms with Gasteiger partial charge in [-0.25, -0.2) is 0 Å². The zero-order valence-electron chi connectivity index (χ0n) is 17.2. The molecule has 1 aliphatic rings. The average Bonchev–Trinajstić information content (AvgIpc) is 3.35. The van der Waals surface area contributed by atoms with Crippen molar-refractivity contribution in [1.29, 1.82) is 0 Å². The third-order valence-corrected chi connectivity index (χ3v) is 5.48. The molecule has 30 heavy (non-hydrogen) atoms. The van der Waals surface area contributed by atoms with Crippen molar-refractivity contribution in [2.24, 2.45) is 11.7 Å². The molecule has 0 unspecified atom stereocenters. The van der Waals surface area contributed by atoms with Gasteiger partial charge in [-0.05, 0) is 17.6 Å². The van der Waals surface area contributed by atoms with Crippen LogP contribution in [0.2, 0.25) is 0 Å². The topological polar surface area (TPSA) is 146 Å². The quantitative estimate of drug-likeness (QED) is 0.483. The van der Waals surface area contributed by atoms with Crippen LogP contribution in [0.15, 0.2) is 30.3 Å². The lowest BCUT2D eigenvalue weighted by molar-refractivity contribution is -0.152. The van der Waals surface area contributed by atoms with Crippen molar-refractivity contribution in [2.45, 2.75) is 63.7 Å². The van der Waals surface area contributed by atoms with Crippen molar-refractivity contribution in [3.05, 3.63) is 30.3 Å². The van der Waals surface area contributed by atoms with Crippen molar-refractivity contribution in [2.75, 3.05) is 6.61 Å². The molecule has 10 nitrogen and oxygen atoms in total. The van der Waals surface area contributed by atoms with E-state index in [1.165, 1.54) is 4.80 Å². The summed E-state index contributed by atoms with van der Waals surface area (Å²) in [6.07, 6.45) is -2.61. The minimum Gasteiger partial charge on any atom is -0.462 e. The Bertz CT molecular complexity index is 817. The summed E-state index contributed by atoms with van der Waals surface area (Å²) < 4.78 is 10.9. The number of ether oxygens (including phenoxy) is 2. The molecule has 1 saturated heterocycles. The Morgan fingerprint density at radius 3 is 2.67 bits per heavy atom. The molecule has 1 aliphatic heterocycles. The van der Waals surface area contributed by atoms with Gasteiger partial charge in [-0.1, -0.05) is 50.6 Å². The number of rotatable bonds is 9. The normalized spacial score (nSPS) is 25.8. The maximum Gasteiger partial charge on any atom is 0.323 e. The number of carbonyl (C=O) groups is 1. The number of esters is 1. The molecule has 6 atom stereocenters. The first kappa shape index (κ1) is 22.3. The van der Waals surface area contributed by atoms with Crippen LogP contribution in [-0.4, -0.2) is 73.5 Å². The Morgan fingerprint density at radius 2 is 1.97 bits per heavy atom. The number of nitrogens with two attached hydrogens (primary N) is 1. The molecule has 0 radical (unpaired) electrons. The zero-order valence-corrected chi connectivity index (χ0v) is 17.2. The number of aliphatic hydroxyl groups is 2. The molecule has 0 bridgehead atoms. The number of hydrogen-bond donors (Lipinski definition) is 3. The third-order valence-electron chi connectivity index (χ3n) is 5.48. The van der Waals surface area contributed by atoms with E-state index in [-0.39, 0.29) is 12.5 Å². The number of hydrogen-bond acceptors (Lipinski definition) is 9. The number of nitrogens with zero attached hydrogens (tertiary/aromatic N) is 4.